The van der Waals surface area contributed by atoms with Crippen LogP contribution in [0, 0.1) is 0 Å². The van der Waals surface area contributed by atoms with Gasteiger partial charge in [-0.15, -0.1) is 0 Å². The predicted octanol–water partition coefficient (Wildman–Crippen LogP) is 3.56. The van der Waals surface area contributed by atoms with E-state index in [2.05, 4.69) is 0 Å². The molecule has 0 radical (unpaired) electrons. The highest BCUT2D eigenvalue weighted by molar-refractivity contribution is 5.77. The van der Waals surface area contributed by atoms with Crippen LogP contribution in [0.25, 0.3) is 11.1 Å². The molecule has 0 saturated carbocycles. The summed E-state index contributed by atoms with van der Waals surface area (Å²) in [6.45, 7) is 3.46. The lowest BCUT2D eigenvalue weighted by molar-refractivity contribution is -0.132. The van der Waals surface area contributed by atoms with E-state index >= 15 is 0 Å². The van der Waals surface area contributed by atoms with Gasteiger partial charge in [0, 0.05) is 32.1 Å². The molecule has 3 heterocycles. The molecule has 0 spiro atoms. The van der Waals surface area contributed by atoms with Gasteiger partial charge in [-0.2, -0.15) is 0 Å². The van der Waals surface area contributed by atoms with Gasteiger partial charge in [0.25, 0.3) is 0 Å². The number of carbonyl (C=O) groups excluding carboxylic acids is 2. The molecule has 8 heteroatoms. The normalized spacial score (nSPS) is 21.5. The highest BCUT2D eigenvalue weighted by atomic mass is 16.6. The second kappa shape index (κ2) is 8.77. The number of hydrogen-bond donors (Lipinski definition) is 0. The largest absolute Gasteiger partial charge is 0.439 e. The van der Waals surface area contributed by atoms with Crippen molar-refractivity contribution in [1.29, 1.82) is 0 Å². The van der Waals surface area contributed by atoms with E-state index in [0.29, 0.717) is 37.0 Å². The van der Waals surface area contributed by atoms with Crippen LogP contribution in [0.4, 0.5) is 4.79 Å². The highest BCUT2D eigenvalue weighted by Gasteiger charge is 2.44. The van der Waals surface area contributed by atoms with Crippen LogP contribution in [0.3, 0.4) is 0 Å². The Morgan fingerprint density at radius 1 is 1.00 bits per heavy atom. The molecule has 3 aromatic rings. The number of fused-ring (bicyclic) bond motifs is 1. The quantitative estimate of drug-likeness (QED) is 0.595. The van der Waals surface area contributed by atoms with Gasteiger partial charge in [0.1, 0.15) is 6.10 Å². The number of piperidine rings is 1. The zero-order chi connectivity index (χ0) is 22.9. The molecule has 0 N–H and O–H groups in total. The minimum Gasteiger partial charge on any atom is -0.439 e. The number of para-hydroxylation sites is 2. The van der Waals surface area contributed by atoms with E-state index in [9.17, 15) is 14.4 Å². The van der Waals surface area contributed by atoms with E-state index < -0.39 is 5.76 Å². The molecule has 2 fully saturated rings. The maximum Gasteiger partial charge on any atom is 0.419 e. The number of hydrogen-bond acceptors (Lipinski definition) is 5. The van der Waals surface area contributed by atoms with E-state index in [1.807, 2.05) is 65.3 Å². The fourth-order valence-corrected chi connectivity index (χ4v) is 5.04. The van der Waals surface area contributed by atoms with Crippen molar-refractivity contribution in [1.82, 2.24) is 14.4 Å². The molecule has 2 amide bonds. The average Bonchev–Trinajstić information content (AvgIpc) is 3.32. The van der Waals surface area contributed by atoms with Gasteiger partial charge < -0.3 is 14.1 Å². The van der Waals surface area contributed by atoms with E-state index in [4.69, 9.17) is 9.15 Å². The number of rotatable bonds is 5. The summed E-state index contributed by atoms with van der Waals surface area (Å²) < 4.78 is 12.4. The third-order valence-electron chi connectivity index (χ3n) is 6.78. The number of aromatic nitrogens is 1. The van der Waals surface area contributed by atoms with Crippen molar-refractivity contribution < 1.29 is 18.7 Å². The Labute approximate surface area is 191 Å². The first kappa shape index (κ1) is 21.3. The van der Waals surface area contributed by atoms with Crippen LogP contribution in [-0.2, 0) is 16.1 Å². The topological polar surface area (TPSA) is 85.0 Å². The summed E-state index contributed by atoms with van der Waals surface area (Å²) in [6.07, 6.45) is 1.09. The Balaban J connectivity index is 1.18. The van der Waals surface area contributed by atoms with E-state index in [1.165, 1.54) is 4.57 Å². The molecule has 5 rings (SSSR count). The smallest absolute Gasteiger partial charge is 0.419 e. The lowest BCUT2D eigenvalue weighted by Crippen LogP contribution is -2.49. The highest BCUT2D eigenvalue weighted by Crippen LogP contribution is 2.35. The number of carbonyl (C=O) groups is 2. The molecule has 2 aliphatic rings. The van der Waals surface area contributed by atoms with Gasteiger partial charge >= 0.3 is 11.8 Å². The van der Waals surface area contributed by atoms with Crippen molar-refractivity contribution in [2.75, 3.05) is 13.1 Å². The van der Waals surface area contributed by atoms with Crippen LogP contribution in [0.15, 0.2) is 63.8 Å². The SMILES string of the molecule is CC1C(c2ccccc2)OC(=O)N1C1CCN(C(=O)CCn2c(=O)oc3ccccc32)CC1. The Hall–Kier alpha value is -3.55. The van der Waals surface area contributed by atoms with Gasteiger partial charge in [0.05, 0.1) is 11.6 Å². The van der Waals surface area contributed by atoms with Crippen molar-refractivity contribution in [2.24, 2.45) is 0 Å². The first-order valence-corrected chi connectivity index (χ1v) is 11.4. The van der Waals surface area contributed by atoms with Crippen LogP contribution in [-0.4, -0.2) is 51.5 Å². The van der Waals surface area contributed by atoms with Crippen LogP contribution in [0.5, 0.6) is 0 Å². The van der Waals surface area contributed by atoms with E-state index in [1.54, 1.807) is 6.07 Å². The average molecular weight is 450 g/mol. The summed E-state index contributed by atoms with van der Waals surface area (Å²) in [4.78, 5) is 41.2. The molecule has 0 aliphatic carbocycles. The van der Waals surface area contributed by atoms with Gasteiger partial charge in [0.2, 0.25) is 5.91 Å². The first-order valence-electron chi connectivity index (χ1n) is 11.4. The molecule has 2 unspecified atom stereocenters. The zero-order valence-electron chi connectivity index (χ0n) is 18.6. The number of aryl methyl sites for hydroxylation is 1. The Morgan fingerprint density at radius 3 is 2.45 bits per heavy atom. The predicted molar refractivity (Wildman–Crippen MR) is 122 cm³/mol. The fraction of sp³-hybridized carbons (Fsp3) is 0.400. The van der Waals surface area contributed by atoms with Crippen molar-refractivity contribution in [3.8, 4) is 0 Å². The fourth-order valence-electron chi connectivity index (χ4n) is 5.04. The summed E-state index contributed by atoms with van der Waals surface area (Å²) in [5.74, 6) is -0.443. The van der Waals surface area contributed by atoms with E-state index in [-0.39, 0.29) is 43.2 Å². The summed E-state index contributed by atoms with van der Waals surface area (Å²) in [5.41, 5.74) is 2.22. The summed E-state index contributed by atoms with van der Waals surface area (Å²) in [7, 11) is 0. The minimum atomic E-state index is -0.447. The van der Waals surface area contributed by atoms with Crippen molar-refractivity contribution in [3.05, 3.63) is 70.7 Å². The molecule has 2 atom stereocenters. The third-order valence-corrected chi connectivity index (χ3v) is 6.78. The van der Waals surface area contributed by atoms with Gasteiger partial charge in [0.15, 0.2) is 5.58 Å². The van der Waals surface area contributed by atoms with Gasteiger partial charge in [-0.3, -0.25) is 14.3 Å². The second-order valence-electron chi connectivity index (χ2n) is 8.71. The molecule has 2 saturated heterocycles. The Kier molecular flexibility index (Phi) is 5.66. The minimum absolute atomic E-state index is 0.00448. The maximum absolute atomic E-state index is 12.8. The zero-order valence-corrected chi connectivity index (χ0v) is 18.6. The number of nitrogens with zero attached hydrogens (tertiary/aromatic N) is 3. The molecule has 33 heavy (non-hydrogen) atoms. The number of benzene rings is 2. The second-order valence-corrected chi connectivity index (χ2v) is 8.71. The van der Waals surface area contributed by atoms with E-state index in [0.717, 1.165) is 5.56 Å². The Bertz CT molecular complexity index is 1210. The van der Waals surface area contributed by atoms with Crippen LogP contribution < -0.4 is 5.76 Å². The third kappa shape index (κ3) is 4.01. The molecule has 2 aliphatic heterocycles. The number of ether oxygens (including phenoxy) is 1. The van der Waals surface area contributed by atoms with Crippen molar-refractivity contribution in [2.45, 2.75) is 50.9 Å². The molecule has 2 aromatic carbocycles. The summed E-state index contributed by atoms with van der Waals surface area (Å²) in [5, 5.41) is 0. The lowest BCUT2D eigenvalue weighted by Gasteiger charge is -2.37. The molecule has 172 valence electrons. The molecule has 1 aromatic heterocycles. The molecular weight excluding hydrogens is 422 g/mol. The number of cyclic esters (lactones) is 1. The maximum atomic E-state index is 12.8. The van der Waals surface area contributed by atoms with Crippen molar-refractivity contribution in [3.63, 3.8) is 0 Å². The lowest BCUT2D eigenvalue weighted by atomic mass is 9.98. The van der Waals surface area contributed by atoms with Crippen LogP contribution >= 0.6 is 0 Å². The van der Waals surface area contributed by atoms with Gasteiger partial charge in [-0.05, 0) is 37.5 Å². The molecule has 0 bridgehead atoms. The number of amides is 2. The first-order chi connectivity index (χ1) is 16.0. The summed E-state index contributed by atoms with van der Waals surface area (Å²) in [6, 6.07) is 17.0. The monoisotopic (exact) mass is 449 g/mol. The van der Waals surface area contributed by atoms with Gasteiger partial charge in [-0.1, -0.05) is 42.5 Å². The Morgan fingerprint density at radius 2 is 1.70 bits per heavy atom. The molecular formula is C25H27N3O5. The van der Waals surface area contributed by atoms with Crippen LogP contribution in [0.1, 0.15) is 37.9 Å². The van der Waals surface area contributed by atoms with Crippen molar-refractivity contribution >= 4 is 23.1 Å². The molecule has 8 nitrogen and oxygen atoms in total. The standard InChI is InChI=1S/C25H27N3O5/c1-17-23(18-7-3-2-4-8-18)33-25(31)28(17)19-11-14-26(15-12-19)22(29)13-16-27-20-9-5-6-10-21(20)32-24(27)30/h2-10,17,19,23H,11-16H2,1H3. The summed E-state index contributed by atoms with van der Waals surface area (Å²) >= 11 is 0. The van der Waals surface area contributed by atoms with Gasteiger partial charge in [-0.25, -0.2) is 9.59 Å². The van der Waals surface area contributed by atoms with Crippen LogP contribution in [0.2, 0.25) is 0 Å². The number of likely N-dealkylation sites (tertiary alicyclic amines) is 1. The number of oxazole rings is 1.